The van der Waals surface area contributed by atoms with Crippen molar-refractivity contribution in [3.8, 4) is 0 Å². The first-order valence-corrected chi connectivity index (χ1v) is 9.66. The maximum absolute atomic E-state index is 14.8. The van der Waals surface area contributed by atoms with E-state index in [9.17, 15) is 9.18 Å². The normalized spacial score (nSPS) is 42.6. The Hall–Kier alpha value is -1.38. The van der Waals surface area contributed by atoms with Crippen LogP contribution in [0.25, 0.3) is 0 Å². The Kier molecular flexibility index (Phi) is 3.30. The molecule has 4 fully saturated rings. The Bertz CT molecular complexity index is 656. The number of rotatable bonds is 2. The largest absolute Gasteiger partial charge is 0.353 e. The molecular weight excluding hydrogens is 301 g/mol. The summed E-state index contributed by atoms with van der Waals surface area (Å²) in [4.78, 5) is 12.9. The number of halogens is 1. The van der Waals surface area contributed by atoms with Crippen molar-refractivity contribution in [2.24, 2.45) is 23.7 Å². The minimum absolute atomic E-state index is 0.0939. The third-order valence-corrected chi connectivity index (χ3v) is 7.22. The molecule has 0 aromatic heterocycles. The predicted octanol–water partition coefficient (Wildman–Crippen LogP) is 3.82. The first kappa shape index (κ1) is 14.9. The van der Waals surface area contributed by atoms with E-state index in [-0.39, 0.29) is 17.9 Å². The SMILES string of the molecule is O=C(NC1[C@@H]2CC3C[C@H]1CC(F)(C3)C2)C1CCc2ccccc2C1. The average molecular weight is 327 g/mol. The first-order chi connectivity index (χ1) is 11.6. The number of nitrogens with one attached hydrogen (secondary N) is 1. The van der Waals surface area contributed by atoms with E-state index in [0.717, 1.165) is 38.5 Å². The van der Waals surface area contributed by atoms with Gasteiger partial charge < -0.3 is 5.32 Å². The predicted molar refractivity (Wildman–Crippen MR) is 91.3 cm³/mol. The molecule has 0 aliphatic heterocycles. The van der Waals surface area contributed by atoms with Crippen molar-refractivity contribution in [3.05, 3.63) is 35.4 Å². The zero-order chi connectivity index (χ0) is 16.3. The van der Waals surface area contributed by atoms with E-state index >= 15 is 0 Å². The Balaban J connectivity index is 1.28. The van der Waals surface area contributed by atoms with Gasteiger partial charge in [0.25, 0.3) is 0 Å². The molecule has 3 heteroatoms. The molecule has 4 saturated carbocycles. The summed E-state index contributed by atoms with van der Waals surface area (Å²) in [5.74, 6) is 1.63. The molecule has 4 unspecified atom stereocenters. The molecule has 6 atom stereocenters. The second-order valence-electron chi connectivity index (χ2n) is 8.86. The van der Waals surface area contributed by atoms with Crippen LogP contribution in [0.3, 0.4) is 0 Å². The van der Waals surface area contributed by atoms with E-state index in [1.54, 1.807) is 0 Å². The Morgan fingerprint density at radius 2 is 1.79 bits per heavy atom. The molecule has 2 nitrogen and oxygen atoms in total. The standard InChI is InChI=1S/C21H26FNO/c22-21-10-13-7-17(11-21)19(18(8-13)12-21)23-20(24)16-6-5-14-3-1-2-4-15(14)9-16/h1-4,13,16-19H,5-12H2,(H,23,24)/t13?,16?,17-,18+,19?,21?. The molecule has 1 aromatic carbocycles. The Morgan fingerprint density at radius 1 is 1.08 bits per heavy atom. The van der Waals surface area contributed by atoms with Gasteiger partial charge in [0.15, 0.2) is 0 Å². The van der Waals surface area contributed by atoms with Crippen molar-refractivity contribution in [2.75, 3.05) is 0 Å². The quantitative estimate of drug-likeness (QED) is 0.879. The molecule has 5 aliphatic carbocycles. The lowest BCUT2D eigenvalue weighted by molar-refractivity contribution is -0.133. The van der Waals surface area contributed by atoms with Crippen LogP contribution in [-0.2, 0) is 17.6 Å². The molecule has 5 aliphatic rings. The molecule has 4 bridgehead atoms. The number of amides is 1. The molecule has 24 heavy (non-hydrogen) atoms. The second-order valence-corrected chi connectivity index (χ2v) is 8.86. The fourth-order valence-corrected chi connectivity index (χ4v) is 6.36. The topological polar surface area (TPSA) is 29.1 Å². The third-order valence-electron chi connectivity index (χ3n) is 7.22. The third kappa shape index (κ3) is 2.39. The second kappa shape index (κ2) is 5.31. The molecular formula is C21H26FNO. The molecule has 0 spiro atoms. The highest BCUT2D eigenvalue weighted by molar-refractivity contribution is 5.79. The van der Waals surface area contributed by atoms with Crippen LogP contribution in [-0.4, -0.2) is 17.6 Å². The van der Waals surface area contributed by atoms with E-state index in [4.69, 9.17) is 0 Å². The van der Waals surface area contributed by atoms with Gasteiger partial charge in [-0.3, -0.25) is 4.79 Å². The molecule has 0 heterocycles. The van der Waals surface area contributed by atoms with Gasteiger partial charge in [-0.2, -0.15) is 0 Å². The van der Waals surface area contributed by atoms with E-state index in [2.05, 4.69) is 29.6 Å². The zero-order valence-electron chi connectivity index (χ0n) is 14.1. The maximum Gasteiger partial charge on any atom is 0.223 e. The van der Waals surface area contributed by atoms with Gasteiger partial charge in [-0.15, -0.1) is 0 Å². The van der Waals surface area contributed by atoms with Crippen molar-refractivity contribution in [1.29, 1.82) is 0 Å². The van der Waals surface area contributed by atoms with Crippen LogP contribution in [0.4, 0.5) is 4.39 Å². The van der Waals surface area contributed by atoms with E-state index in [0.29, 0.717) is 30.6 Å². The lowest BCUT2D eigenvalue weighted by atomic mass is 9.53. The van der Waals surface area contributed by atoms with Crippen molar-refractivity contribution >= 4 is 5.91 Å². The summed E-state index contributed by atoms with van der Waals surface area (Å²) in [6, 6.07) is 8.72. The van der Waals surface area contributed by atoms with Gasteiger partial charge in [-0.25, -0.2) is 4.39 Å². The van der Waals surface area contributed by atoms with Gasteiger partial charge in [0.2, 0.25) is 5.91 Å². The number of carbonyl (C=O) groups is 1. The number of hydrogen-bond acceptors (Lipinski definition) is 1. The summed E-state index contributed by atoms with van der Waals surface area (Å²) >= 11 is 0. The summed E-state index contributed by atoms with van der Waals surface area (Å²) in [5.41, 5.74) is 1.81. The highest BCUT2D eigenvalue weighted by Gasteiger charge is 2.56. The Morgan fingerprint density at radius 3 is 2.50 bits per heavy atom. The number of aryl methyl sites for hydroxylation is 1. The number of hydrogen-bond donors (Lipinski definition) is 1. The smallest absolute Gasteiger partial charge is 0.223 e. The number of benzene rings is 1. The lowest BCUT2D eigenvalue weighted by Crippen LogP contribution is -2.61. The minimum Gasteiger partial charge on any atom is -0.353 e. The van der Waals surface area contributed by atoms with Crippen LogP contribution in [0.2, 0.25) is 0 Å². The fourth-order valence-electron chi connectivity index (χ4n) is 6.36. The van der Waals surface area contributed by atoms with Crippen LogP contribution >= 0.6 is 0 Å². The summed E-state index contributed by atoms with van der Waals surface area (Å²) in [6.07, 6.45) is 7.19. The average Bonchev–Trinajstić information content (AvgIpc) is 2.56. The van der Waals surface area contributed by atoms with Crippen LogP contribution in [0, 0.1) is 23.7 Å². The van der Waals surface area contributed by atoms with Gasteiger partial charge in [0, 0.05) is 12.0 Å². The van der Waals surface area contributed by atoms with Crippen molar-refractivity contribution in [3.63, 3.8) is 0 Å². The zero-order valence-corrected chi connectivity index (χ0v) is 14.1. The van der Waals surface area contributed by atoms with E-state index < -0.39 is 5.67 Å². The lowest BCUT2D eigenvalue weighted by Gasteiger charge is -2.57. The van der Waals surface area contributed by atoms with E-state index in [1.165, 1.54) is 11.1 Å². The van der Waals surface area contributed by atoms with Crippen LogP contribution < -0.4 is 5.32 Å². The molecule has 128 valence electrons. The summed E-state index contributed by atoms with van der Waals surface area (Å²) in [6.45, 7) is 0. The van der Waals surface area contributed by atoms with Crippen LogP contribution in [0.15, 0.2) is 24.3 Å². The van der Waals surface area contributed by atoms with Gasteiger partial charge in [-0.1, -0.05) is 24.3 Å². The maximum atomic E-state index is 14.8. The number of fused-ring (bicyclic) bond motifs is 1. The van der Waals surface area contributed by atoms with Gasteiger partial charge in [-0.05, 0) is 80.2 Å². The molecule has 0 saturated heterocycles. The summed E-state index contributed by atoms with van der Waals surface area (Å²) in [7, 11) is 0. The molecule has 1 N–H and O–H groups in total. The summed E-state index contributed by atoms with van der Waals surface area (Å²) in [5, 5.41) is 3.37. The number of alkyl halides is 1. The van der Waals surface area contributed by atoms with Crippen LogP contribution in [0.1, 0.15) is 49.7 Å². The van der Waals surface area contributed by atoms with Crippen molar-refractivity contribution < 1.29 is 9.18 Å². The first-order valence-electron chi connectivity index (χ1n) is 9.66. The highest BCUT2D eigenvalue weighted by Crippen LogP contribution is 2.57. The number of carbonyl (C=O) groups excluding carboxylic acids is 1. The van der Waals surface area contributed by atoms with Crippen molar-refractivity contribution in [1.82, 2.24) is 5.32 Å². The molecule has 1 amide bonds. The molecule has 1 aromatic rings. The van der Waals surface area contributed by atoms with Gasteiger partial charge in [0.05, 0.1) is 0 Å². The molecule has 6 rings (SSSR count). The van der Waals surface area contributed by atoms with Gasteiger partial charge >= 0.3 is 0 Å². The minimum atomic E-state index is -0.915. The fraction of sp³-hybridized carbons (Fsp3) is 0.667. The Labute approximate surface area is 143 Å². The monoisotopic (exact) mass is 327 g/mol. The molecule has 0 radical (unpaired) electrons. The van der Waals surface area contributed by atoms with Gasteiger partial charge in [0.1, 0.15) is 5.67 Å². The highest BCUT2D eigenvalue weighted by atomic mass is 19.1. The van der Waals surface area contributed by atoms with E-state index in [1.807, 2.05) is 0 Å². The van der Waals surface area contributed by atoms with Crippen molar-refractivity contribution in [2.45, 2.75) is 63.1 Å². The summed E-state index contributed by atoms with van der Waals surface area (Å²) < 4.78 is 14.8. The van der Waals surface area contributed by atoms with Crippen LogP contribution in [0.5, 0.6) is 0 Å².